The van der Waals surface area contributed by atoms with E-state index in [1.807, 2.05) is 43.3 Å². The predicted octanol–water partition coefficient (Wildman–Crippen LogP) is 4.23. The van der Waals surface area contributed by atoms with Gasteiger partial charge < -0.3 is 9.47 Å². The fraction of sp³-hybridized carbons (Fsp3) is 0.182. The third-order valence-electron chi connectivity index (χ3n) is 4.11. The van der Waals surface area contributed by atoms with Gasteiger partial charge in [-0.25, -0.2) is 0 Å². The third kappa shape index (κ3) is 5.21. The molecule has 1 heterocycles. The number of anilines is 1. The molecule has 1 amide bonds. The standard InChI is InChI=1S/C22H20N4O3S/c1-3-19-25-26-22(30-19)24-21(27)17(13-23)12-16-10-7-11-18(28-2)20(16)29-14-15-8-5-4-6-9-15/h4-12H,3,14H2,1-2H3,(H,24,26,27). The summed E-state index contributed by atoms with van der Waals surface area (Å²) in [5, 5.41) is 21.2. The molecule has 0 aliphatic carbocycles. The average molecular weight is 420 g/mol. The molecule has 0 unspecified atom stereocenters. The average Bonchev–Trinajstić information content (AvgIpc) is 3.24. The van der Waals surface area contributed by atoms with Crippen molar-refractivity contribution in [2.24, 2.45) is 0 Å². The van der Waals surface area contributed by atoms with Crippen LogP contribution in [0.3, 0.4) is 0 Å². The second-order valence-corrected chi connectivity index (χ2v) is 7.19. The van der Waals surface area contributed by atoms with Crippen LogP contribution in [-0.4, -0.2) is 23.2 Å². The molecule has 1 aromatic heterocycles. The number of benzene rings is 2. The molecule has 8 heteroatoms. The van der Waals surface area contributed by atoms with E-state index in [9.17, 15) is 10.1 Å². The highest BCUT2D eigenvalue weighted by Gasteiger charge is 2.16. The van der Waals surface area contributed by atoms with Crippen molar-refractivity contribution < 1.29 is 14.3 Å². The number of aromatic nitrogens is 2. The van der Waals surface area contributed by atoms with Crippen LogP contribution in [0.1, 0.15) is 23.1 Å². The van der Waals surface area contributed by atoms with Gasteiger partial charge in [0, 0.05) is 5.56 Å². The van der Waals surface area contributed by atoms with Gasteiger partial charge in [-0.1, -0.05) is 60.7 Å². The van der Waals surface area contributed by atoms with E-state index in [-0.39, 0.29) is 5.57 Å². The van der Waals surface area contributed by atoms with Crippen LogP contribution in [-0.2, 0) is 17.8 Å². The summed E-state index contributed by atoms with van der Waals surface area (Å²) in [6, 6.07) is 16.9. The molecule has 3 rings (SSSR count). The molecule has 0 fully saturated rings. The molecule has 0 atom stereocenters. The van der Waals surface area contributed by atoms with Crippen molar-refractivity contribution in [3.63, 3.8) is 0 Å². The Balaban J connectivity index is 1.85. The molecule has 0 saturated carbocycles. The Morgan fingerprint density at radius 1 is 1.20 bits per heavy atom. The smallest absolute Gasteiger partial charge is 0.268 e. The summed E-state index contributed by atoms with van der Waals surface area (Å²) in [5.41, 5.74) is 1.46. The molecule has 0 aliphatic heterocycles. The maximum Gasteiger partial charge on any atom is 0.268 e. The highest BCUT2D eigenvalue weighted by Crippen LogP contribution is 2.33. The lowest BCUT2D eigenvalue weighted by molar-refractivity contribution is -0.112. The molecule has 1 N–H and O–H groups in total. The van der Waals surface area contributed by atoms with Crippen LogP contribution in [0.5, 0.6) is 11.5 Å². The SMILES string of the molecule is CCc1nnc(NC(=O)C(C#N)=Cc2cccc(OC)c2OCc2ccccc2)s1. The van der Waals surface area contributed by atoms with Crippen molar-refractivity contribution in [1.82, 2.24) is 10.2 Å². The van der Waals surface area contributed by atoms with Crippen molar-refractivity contribution in [1.29, 1.82) is 5.26 Å². The lowest BCUT2D eigenvalue weighted by Gasteiger charge is -2.14. The maximum absolute atomic E-state index is 12.6. The lowest BCUT2D eigenvalue weighted by atomic mass is 10.1. The first-order valence-corrected chi connectivity index (χ1v) is 10.1. The van der Waals surface area contributed by atoms with E-state index < -0.39 is 5.91 Å². The zero-order valence-corrected chi connectivity index (χ0v) is 17.4. The minimum atomic E-state index is -0.562. The largest absolute Gasteiger partial charge is 0.493 e. The van der Waals surface area contributed by atoms with Crippen LogP contribution >= 0.6 is 11.3 Å². The number of carbonyl (C=O) groups is 1. The van der Waals surface area contributed by atoms with Crippen molar-refractivity contribution in [3.8, 4) is 17.6 Å². The molecule has 30 heavy (non-hydrogen) atoms. The number of nitrogens with one attached hydrogen (secondary N) is 1. The van der Waals surface area contributed by atoms with Gasteiger partial charge in [0.25, 0.3) is 5.91 Å². The molecular formula is C22H20N4O3S. The van der Waals surface area contributed by atoms with E-state index in [0.29, 0.717) is 28.8 Å². The molecule has 3 aromatic rings. The summed E-state index contributed by atoms with van der Waals surface area (Å²) < 4.78 is 11.4. The molecule has 0 bridgehead atoms. The van der Waals surface area contributed by atoms with Crippen molar-refractivity contribution >= 4 is 28.5 Å². The predicted molar refractivity (Wildman–Crippen MR) is 115 cm³/mol. The minimum absolute atomic E-state index is 0.0823. The van der Waals surface area contributed by atoms with Gasteiger partial charge in [0.2, 0.25) is 5.13 Å². The second-order valence-electron chi connectivity index (χ2n) is 6.13. The minimum Gasteiger partial charge on any atom is -0.493 e. The van der Waals surface area contributed by atoms with Gasteiger partial charge in [0.05, 0.1) is 7.11 Å². The summed E-state index contributed by atoms with van der Waals surface area (Å²) in [5.74, 6) is 0.399. The van der Waals surface area contributed by atoms with Crippen molar-refractivity contribution in [3.05, 3.63) is 70.2 Å². The van der Waals surface area contributed by atoms with Gasteiger partial charge in [0.15, 0.2) is 11.5 Å². The Labute approximate surface area is 178 Å². The van der Waals surface area contributed by atoms with Gasteiger partial charge in [-0.3, -0.25) is 10.1 Å². The number of ether oxygens (including phenoxy) is 2. The van der Waals surface area contributed by atoms with Gasteiger partial charge in [0.1, 0.15) is 23.3 Å². The summed E-state index contributed by atoms with van der Waals surface area (Å²) >= 11 is 1.27. The van der Waals surface area contributed by atoms with Crippen molar-refractivity contribution in [2.75, 3.05) is 12.4 Å². The fourth-order valence-electron chi connectivity index (χ4n) is 2.61. The first-order valence-electron chi connectivity index (χ1n) is 9.23. The first-order chi connectivity index (χ1) is 14.6. The first kappa shape index (κ1) is 21.0. The monoisotopic (exact) mass is 420 g/mol. The number of aryl methyl sites for hydroxylation is 1. The Morgan fingerprint density at radius 3 is 2.67 bits per heavy atom. The number of nitriles is 1. The van der Waals surface area contributed by atoms with Crippen LogP contribution in [0.2, 0.25) is 0 Å². The van der Waals surface area contributed by atoms with Crippen LogP contribution in [0.15, 0.2) is 54.1 Å². The Morgan fingerprint density at radius 2 is 2.00 bits per heavy atom. The second kappa shape index (κ2) is 10.2. The number of rotatable bonds is 8. The molecule has 0 spiro atoms. The molecule has 0 saturated heterocycles. The maximum atomic E-state index is 12.6. The van der Waals surface area contributed by atoms with Gasteiger partial charge >= 0.3 is 0 Å². The van der Waals surface area contributed by atoms with E-state index in [1.54, 1.807) is 18.2 Å². The van der Waals surface area contributed by atoms with Gasteiger partial charge in [-0.15, -0.1) is 10.2 Å². The van der Waals surface area contributed by atoms with Crippen LogP contribution in [0.4, 0.5) is 5.13 Å². The molecule has 2 aromatic carbocycles. The molecule has 0 aliphatic rings. The Kier molecular flexibility index (Phi) is 7.14. The fourth-order valence-corrected chi connectivity index (χ4v) is 3.28. The summed E-state index contributed by atoms with van der Waals surface area (Å²) in [6.45, 7) is 2.27. The third-order valence-corrected chi connectivity index (χ3v) is 5.09. The van der Waals surface area contributed by atoms with E-state index in [0.717, 1.165) is 17.0 Å². The molecule has 152 valence electrons. The topological polar surface area (TPSA) is 97.1 Å². The number of para-hydroxylation sites is 1. The quantitative estimate of drug-likeness (QED) is 0.433. The molecule has 7 nitrogen and oxygen atoms in total. The summed E-state index contributed by atoms with van der Waals surface area (Å²) in [6.07, 6.45) is 2.19. The number of amides is 1. The van der Waals surface area contributed by atoms with E-state index in [1.165, 1.54) is 24.5 Å². The van der Waals surface area contributed by atoms with Crippen LogP contribution in [0.25, 0.3) is 6.08 Å². The zero-order chi connectivity index (χ0) is 21.3. The molecule has 0 radical (unpaired) electrons. The van der Waals surface area contributed by atoms with Crippen LogP contribution < -0.4 is 14.8 Å². The normalized spacial score (nSPS) is 10.9. The number of hydrogen-bond donors (Lipinski definition) is 1. The highest BCUT2D eigenvalue weighted by molar-refractivity contribution is 7.15. The number of carbonyl (C=O) groups excluding carboxylic acids is 1. The summed E-state index contributed by atoms with van der Waals surface area (Å²) in [7, 11) is 1.54. The van der Waals surface area contributed by atoms with Gasteiger partial charge in [-0.2, -0.15) is 5.26 Å². The van der Waals surface area contributed by atoms with Crippen molar-refractivity contribution in [2.45, 2.75) is 20.0 Å². The number of methoxy groups -OCH3 is 1. The number of nitrogens with zero attached hydrogens (tertiary/aromatic N) is 3. The molecular weight excluding hydrogens is 400 g/mol. The Bertz CT molecular complexity index is 1090. The zero-order valence-electron chi connectivity index (χ0n) is 16.6. The van der Waals surface area contributed by atoms with Gasteiger partial charge in [-0.05, 0) is 24.1 Å². The van der Waals surface area contributed by atoms with E-state index in [2.05, 4.69) is 15.5 Å². The van der Waals surface area contributed by atoms with E-state index in [4.69, 9.17) is 9.47 Å². The Hall–Kier alpha value is -3.70. The lowest BCUT2D eigenvalue weighted by Crippen LogP contribution is -2.13. The highest BCUT2D eigenvalue weighted by atomic mass is 32.1. The van der Waals surface area contributed by atoms with E-state index >= 15 is 0 Å². The number of hydrogen-bond acceptors (Lipinski definition) is 7. The summed E-state index contributed by atoms with van der Waals surface area (Å²) in [4.78, 5) is 12.6. The van der Waals surface area contributed by atoms with Crippen LogP contribution in [0, 0.1) is 11.3 Å².